The largest absolute Gasteiger partial charge is 0.352 e. The van der Waals surface area contributed by atoms with E-state index in [1.54, 1.807) is 0 Å². The van der Waals surface area contributed by atoms with Gasteiger partial charge in [-0.15, -0.1) is 0 Å². The van der Waals surface area contributed by atoms with Crippen LogP contribution in [0.25, 0.3) is 0 Å². The van der Waals surface area contributed by atoms with Crippen molar-refractivity contribution in [3.05, 3.63) is 0 Å². The van der Waals surface area contributed by atoms with Crippen LogP contribution in [0.3, 0.4) is 0 Å². The average molecular weight is 270 g/mol. The predicted molar refractivity (Wildman–Crippen MR) is 77.6 cm³/mol. The molecule has 2 saturated carbocycles. The highest BCUT2D eigenvalue weighted by Gasteiger charge is 2.32. The lowest BCUT2D eigenvalue weighted by atomic mass is 9.85. The summed E-state index contributed by atoms with van der Waals surface area (Å²) in [5, 5.41) is 3.92. The molecule has 104 valence electrons. The van der Waals surface area contributed by atoms with E-state index in [0.717, 1.165) is 37.9 Å². The van der Waals surface area contributed by atoms with Crippen molar-refractivity contribution in [2.75, 3.05) is 5.75 Å². The van der Waals surface area contributed by atoms with E-state index in [0.29, 0.717) is 11.3 Å². The second kappa shape index (κ2) is 6.80. The van der Waals surface area contributed by atoms with Gasteiger partial charge in [0, 0.05) is 23.3 Å². The molecular weight excluding hydrogens is 244 g/mol. The van der Waals surface area contributed by atoms with Gasteiger partial charge in [-0.3, -0.25) is 4.79 Å². The molecule has 18 heavy (non-hydrogen) atoms. The Balaban J connectivity index is 1.82. The molecule has 0 aromatic rings. The van der Waals surface area contributed by atoms with Crippen LogP contribution in [0.15, 0.2) is 0 Å². The van der Waals surface area contributed by atoms with Crippen molar-refractivity contribution in [2.45, 2.75) is 69.2 Å². The van der Waals surface area contributed by atoms with E-state index in [2.05, 4.69) is 12.2 Å². The fourth-order valence-electron chi connectivity index (χ4n) is 3.27. The molecule has 4 unspecified atom stereocenters. The van der Waals surface area contributed by atoms with Crippen LogP contribution in [0.5, 0.6) is 0 Å². The van der Waals surface area contributed by atoms with Crippen LogP contribution >= 0.6 is 11.8 Å². The number of carbonyl (C=O) groups is 1. The molecular formula is C14H26N2OS. The van der Waals surface area contributed by atoms with Gasteiger partial charge in [-0.05, 0) is 37.9 Å². The Morgan fingerprint density at radius 1 is 1.28 bits per heavy atom. The first kappa shape index (κ1) is 14.2. The van der Waals surface area contributed by atoms with Gasteiger partial charge in [-0.1, -0.05) is 19.8 Å². The normalized spacial score (nSPS) is 36.6. The number of hydrogen-bond donors (Lipinski definition) is 2. The third kappa shape index (κ3) is 3.64. The van der Waals surface area contributed by atoms with Crippen LogP contribution in [-0.4, -0.2) is 29.0 Å². The maximum Gasteiger partial charge on any atom is 0.223 e. The maximum absolute atomic E-state index is 12.3. The van der Waals surface area contributed by atoms with Gasteiger partial charge in [-0.2, -0.15) is 11.8 Å². The molecule has 0 aromatic carbocycles. The van der Waals surface area contributed by atoms with Gasteiger partial charge in [0.05, 0.1) is 0 Å². The SMILES string of the molecule is CCSC1CCCC1NC(=O)C1CCCC(N)C1. The van der Waals surface area contributed by atoms with Crippen molar-refractivity contribution in [2.24, 2.45) is 11.7 Å². The van der Waals surface area contributed by atoms with E-state index < -0.39 is 0 Å². The lowest BCUT2D eigenvalue weighted by Gasteiger charge is -2.28. The third-order valence-corrected chi connectivity index (χ3v) is 5.57. The molecule has 4 atom stereocenters. The first-order valence-electron chi connectivity index (χ1n) is 7.38. The first-order chi connectivity index (χ1) is 8.70. The quantitative estimate of drug-likeness (QED) is 0.824. The van der Waals surface area contributed by atoms with Crippen LogP contribution < -0.4 is 11.1 Å². The lowest BCUT2D eigenvalue weighted by Crippen LogP contribution is -2.44. The Hall–Kier alpha value is -0.220. The molecule has 2 fully saturated rings. The van der Waals surface area contributed by atoms with Gasteiger partial charge in [0.2, 0.25) is 5.91 Å². The number of amides is 1. The van der Waals surface area contributed by atoms with E-state index in [1.807, 2.05) is 11.8 Å². The molecule has 0 spiro atoms. The van der Waals surface area contributed by atoms with E-state index in [1.165, 1.54) is 12.8 Å². The Morgan fingerprint density at radius 3 is 2.78 bits per heavy atom. The fraction of sp³-hybridized carbons (Fsp3) is 0.929. The summed E-state index contributed by atoms with van der Waals surface area (Å²) < 4.78 is 0. The average Bonchev–Trinajstić information content (AvgIpc) is 2.77. The monoisotopic (exact) mass is 270 g/mol. The topological polar surface area (TPSA) is 55.1 Å². The molecule has 1 amide bonds. The Labute approximate surface area is 115 Å². The van der Waals surface area contributed by atoms with Crippen molar-refractivity contribution in [3.63, 3.8) is 0 Å². The van der Waals surface area contributed by atoms with Gasteiger partial charge < -0.3 is 11.1 Å². The van der Waals surface area contributed by atoms with Gasteiger partial charge >= 0.3 is 0 Å². The molecule has 0 bridgehead atoms. The van der Waals surface area contributed by atoms with Crippen LogP contribution in [0.2, 0.25) is 0 Å². The van der Waals surface area contributed by atoms with Gasteiger partial charge in [0.25, 0.3) is 0 Å². The molecule has 3 nitrogen and oxygen atoms in total. The second-order valence-corrected chi connectivity index (χ2v) is 7.18. The highest BCUT2D eigenvalue weighted by atomic mass is 32.2. The fourth-order valence-corrected chi connectivity index (χ4v) is 4.47. The highest BCUT2D eigenvalue weighted by molar-refractivity contribution is 7.99. The van der Waals surface area contributed by atoms with Crippen LogP contribution in [-0.2, 0) is 4.79 Å². The van der Waals surface area contributed by atoms with Gasteiger partial charge in [0.15, 0.2) is 0 Å². The van der Waals surface area contributed by atoms with Crippen molar-refractivity contribution < 1.29 is 4.79 Å². The lowest BCUT2D eigenvalue weighted by molar-refractivity contribution is -0.126. The van der Waals surface area contributed by atoms with E-state index in [-0.39, 0.29) is 17.9 Å². The molecule has 2 rings (SSSR count). The zero-order valence-corrected chi connectivity index (χ0v) is 12.2. The molecule has 0 radical (unpaired) electrons. The molecule has 2 aliphatic rings. The molecule has 0 aliphatic heterocycles. The molecule has 4 heteroatoms. The van der Waals surface area contributed by atoms with E-state index >= 15 is 0 Å². The number of nitrogens with two attached hydrogens (primary N) is 1. The maximum atomic E-state index is 12.3. The van der Waals surface area contributed by atoms with Crippen LogP contribution in [0.4, 0.5) is 0 Å². The number of thioether (sulfide) groups is 1. The zero-order chi connectivity index (χ0) is 13.0. The summed E-state index contributed by atoms with van der Waals surface area (Å²) >= 11 is 2.00. The zero-order valence-electron chi connectivity index (χ0n) is 11.4. The van der Waals surface area contributed by atoms with Crippen molar-refractivity contribution in [1.82, 2.24) is 5.32 Å². The second-order valence-electron chi connectivity index (χ2n) is 5.66. The molecule has 3 N–H and O–H groups in total. The van der Waals surface area contributed by atoms with Crippen molar-refractivity contribution >= 4 is 17.7 Å². The Morgan fingerprint density at radius 2 is 2.06 bits per heavy atom. The molecule has 2 aliphatic carbocycles. The van der Waals surface area contributed by atoms with Crippen LogP contribution in [0, 0.1) is 5.92 Å². The van der Waals surface area contributed by atoms with E-state index in [4.69, 9.17) is 5.73 Å². The first-order valence-corrected chi connectivity index (χ1v) is 8.43. The van der Waals surface area contributed by atoms with Gasteiger partial charge in [-0.25, -0.2) is 0 Å². The Kier molecular flexibility index (Phi) is 5.37. The Bertz CT molecular complexity index is 285. The summed E-state index contributed by atoms with van der Waals surface area (Å²) in [6, 6.07) is 0.638. The van der Waals surface area contributed by atoms with Crippen molar-refractivity contribution in [1.29, 1.82) is 0 Å². The number of hydrogen-bond acceptors (Lipinski definition) is 3. The number of rotatable bonds is 4. The summed E-state index contributed by atoms with van der Waals surface area (Å²) in [6.45, 7) is 2.20. The minimum atomic E-state index is 0.168. The van der Waals surface area contributed by atoms with Gasteiger partial charge in [0.1, 0.15) is 0 Å². The smallest absolute Gasteiger partial charge is 0.223 e. The summed E-state index contributed by atoms with van der Waals surface area (Å²) in [5.74, 6) is 1.58. The van der Waals surface area contributed by atoms with Crippen molar-refractivity contribution in [3.8, 4) is 0 Å². The predicted octanol–water partition coefficient (Wildman–Crippen LogP) is 2.29. The number of nitrogens with one attached hydrogen (secondary N) is 1. The minimum absolute atomic E-state index is 0.168. The number of carbonyl (C=O) groups excluding carboxylic acids is 1. The molecule has 0 aromatic heterocycles. The minimum Gasteiger partial charge on any atom is -0.352 e. The third-order valence-electron chi connectivity index (χ3n) is 4.25. The standard InChI is InChI=1S/C14H26N2OS/c1-2-18-13-8-4-7-12(13)16-14(17)10-5-3-6-11(15)9-10/h10-13H,2-9,15H2,1H3,(H,16,17). The van der Waals surface area contributed by atoms with Crippen LogP contribution in [0.1, 0.15) is 51.9 Å². The summed E-state index contributed by atoms with van der Waals surface area (Å²) in [6.07, 6.45) is 7.77. The highest BCUT2D eigenvalue weighted by Crippen LogP contribution is 2.31. The molecule has 0 saturated heterocycles. The van der Waals surface area contributed by atoms with E-state index in [9.17, 15) is 4.79 Å². The summed E-state index contributed by atoms with van der Waals surface area (Å²) in [5.41, 5.74) is 5.96. The summed E-state index contributed by atoms with van der Waals surface area (Å²) in [7, 11) is 0. The summed E-state index contributed by atoms with van der Waals surface area (Å²) in [4.78, 5) is 12.3. The molecule has 0 heterocycles.